The molecule has 2 aromatic carbocycles. The largest absolute Gasteiger partial charge is 0.453 e. The average molecular weight is 491 g/mol. The lowest BCUT2D eigenvalue weighted by atomic mass is 10.1. The van der Waals surface area contributed by atoms with Crippen LogP contribution in [-0.2, 0) is 4.74 Å². The van der Waals surface area contributed by atoms with Gasteiger partial charge in [-0.3, -0.25) is 9.59 Å². The van der Waals surface area contributed by atoms with E-state index >= 15 is 0 Å². The van der Waals surface area contributed by atoms with Crippen LogP contribution in [0.2, 0.25) is 0 Å². The summed E-state index contributed by atoms with van der Waals surface area (Å²) < 4.78 is 4.83. The highest BCUT2D eigenvalue weighted by atomic mass is 16.5. The molecule has 2 heterocycles. The lowest BCUT2D eigenvalue weighted by Crippen LogP contribution is -2.49. The number of hydrogen-bond donors (Lipinski definition) is 2. The number of nitriles is 1. The van der Waals surface area contributed by atoms with Gasteiger partial charge in [0.25, 0.3) is 11.8 Å². The maximum Gasteiger partial charge on any atom is 0.409 e. The Morgan fingerprint density at radius 2 is 1.64 bits per heavy atom. The van der Waals surface area contributed by atoms with E-state index in [0.717, 1.165) is 25.2 Å². The molecule has 2 aliphatic heterocycles. The molecule has 10 heteroatoms. The summed E-state index contributed by atoms with van der Waals surface area (Å²) in [7, 11) is 1.36. The Labute approximate surface area is 210 Å². The second-order valence-electron chi connectivity index (χ2n) is 8.72. The van der Waals surface area contributed by atoms with E-state index in [1.165, 1.54) is 7.11 Å². The van der Waals surface area contributed by atoms with E-state index in [9.17, 15) is 14.4 Å². The van der Waals surface area contributed by atoms with Gasteiger partial charge >= 0.3 is 6.09 Å². The lowest BCUT2D eigenvalue weighted by molar-refractivity contribution is 0.0766. The number of piperazine rings is 1. The summed E-state index contributed by atoms with van der Waals surface area (Å²) in [4.78, 5) is 43.8. The van der Waals surface area contributed by atoms with Crippen LogP contribution in [0.5, 0.6) is 0 Å². The van der Waals surface area contributed by atoms with E-state index in [2.05, 4.69) is 15.5 Å². The third-order valence-electron chi connectivity index (χ3n) is 6.45. The number of benzene rings is 2. The van der Waals surface area contributed by atoms with Crippen molar-refractivity contribution in [2.45, 2.75) is 6.42 Å². The molecule has 0 aliphatic carbocycles. The van der Waals surface area contributed by atoms with Gasteiger partial charge in [-0.1, -0.05) is 0 Å². The number of amides is 3. The molecule has 2 aliphatic rings. The van der Waals surface area contributed by atoms with Crippen LogP contribution in [0.25, 0.3) is 0 Å². The maximum atomic E-state index is 13.3. The molecule has 0 bridgehead atoms. The van der Waals surface area contributed by atoms with Crippen LogP contribution in [0, 0.1) is 11.3 Å². The molecule has 0 saturated carbocycles. The first kappa shape index (κ1) is 25.0. The summed E-state index contributed by atoms with van der Waals surface area (Å²) >= 11 is 0. The molecule has 188 valence electrons. The van der Waals surface area contributed by atoms with Crippen molar-refractivity contribution in [3.63, 3.8) is 0 Å². The summed E-state index contributed by atoms with van der Waals surface area (Å²) in [6, 6.07) is 13.8. The summed E-state index contributed by atoms with van der Waals surface area (Å²) in [6.45, 7) is 5.01. The van der Waals surface area contributed by atoms with Gasteiger partial charge in [0.05, 0.1) is 30.1 Å². The number of carbonyl (C=O) groups excluding carboxylic acids is 3. The van der Waals surface area contributed by atoms with Crippen molar-refractivity contribution >= 4 is 29.3 Å². The molecule has 36 heavy (non-hydrogen) atoms. The summed E-state index contributed by atoms with van der Waals surface area (Å²) in [5.74, 6) is -0.410. The first-order valence-electron chi connectivity index (χ1n) is 12.0. The van der Waals surface area contributed by atoms with Crippen molar-refractivity contribution in [3.8, 4) is 6.07 Å². The Kier molecular flexibility index (Phi) is 8.02. The van der Waals surface area contributed by atoms with Crippen LogP contribution in [0.4, 0.5) is 16.2 Å². The van der Waals surface area contributed by atoms with Crippen LogP contribution >= 0.6 is 0 Å². The summed E-state index contributed by atoms with van der Waals surface area (Å²) in [6.07, 6.45) is 0.521. The molecule has 0 spiro atoms. The van der Waals surface area contributed by atoms with Gasteiger partial charge in [0.1, 0.15) is 0 Å². The van der Waals surface area contributed by atoms with E-state index in [4.69, 9.17) is 10.00 Å². The number of carbonyl (C=O) groups is 3. The molecule has 0 atom stereocenters. The quantitative estimate of drug-likeness (QED) is 0.674. The van der Waals surface area contributed by atoms with E-state index in [-0.39, 0.29) is 17.9 Å². The molecule has 2 aromatic rings. The van der Waals surface area contributed by atoms with E-state index in [1.54, 1.807) is 41.3 Å². The zero-order chi connectivity index (χ0) is 25.5. The number of nitrogens with zero attached hydrogens (tertiary/aromatic N) is 4. The number of rotatable bonds is 4. The van der Waals surface area contributed by atoms with Crippen LogP contribution in [0.1, 0.15) is 32.7 Å². The Hall–Kier alpha value is -4.10. The predicted molar refractivity (Wildman–Crippen MR) is 135 cm³/mol. The van der Waals surface area contributed by atoms with Crippen molar-refractivity contribution in [2.75, 3.05) is 69.7 Å². The van der Waals surface area contributed by atoms with Gasteiger partial charge in [0.15, 0.2) is 0 Å². The topological polar surface area (TPSA) is 118 Å². The number of anilines is 2. The molecular weight excluding hydrogens is 460 g/mol. The van der Waals surface area contributed by atoms with Crippen LogP contribution in [-0.4, -0.2) is 87.2 Å². The molecule has 2 N–H and O–H groups in total. The number of hydrogen-bond acceptors (Lipinski definition) is 7. The Morgan fingerprint density at radius 1 is 0.917 bits per heavy atom. The van der Waals surface area contributed by atoms with E-state index in [1.807, 2.05) is 17.0 Å². The molecule has 0 unspecified atom stereocenters. The number of nitrogens with one attached hydrogen (secondary N) is 2. The minimum Gasteiger partial charge on any atom is -0.453 e. The van der Waals surface area contributed by atoms with Crippen molar-refractivity contribution in [1.82, 2.24) is 15.1 Å². The Balaban J connectivity index is 1.59. The first-order chi connectivity index (χ1) is 17.5. The molecule has 2 saturated heterocycles. The highest BCUT2D eigenvalue weighted by Gasteiger charge is 2.25. The fourth-order valence-electron chi connectivity index (χ4n) is 4.43. The van der Waals surface area contributed by atoms with Crippen molar-refractivity contribution in [3.05, 3.63) is 59.2 Å². The van der Waals surface area contributed by atoms with Gasteiger partial charge in [-0.15, -0.1) is 0 Å². The normalized spacial score (nSPS) is 16.1. The molecule has 4 rings (SSSR count). The van der Waals surface area contributed by atoms with Crippen LogP contribution in [0.3, 0.4) is 0 Å². The summed E-state index contributed by atoms with van der Waals surface area (Å²) in [5.41, 5.74) is 2.68. The minimum atomic E-state index is -0.364. The monoisotopic (exact) mass is 490 g/mol. The van der Waals surface area contributed by atoms with E-state index in [0.29, 0.717) is 61.6 Å². The van der Waals surface area contributed by atoms with Gasteiger partial charge in [-0.05, 0) is 55.4 Å². The van der Waals surface area contributed by atoms with Gasteiger partial charge in [0, 0.05) is 56.9 Å². The third kappa shape index (κ3) is 5.75. The maximum absolute atomic E-state index is 13.3. The standard InChI is InChI=1S/C26H30N6O4/c1-36-26(35)32-15-13-30(14-16-32)23-8-7-21(25(34)31-11-2-9-28-10-12-31)17-22(23)29-24(33)20-5-3-19(18-27)4-6-20/h3-8,17,28H,2,9-16H2,1H3,(H,29,33). The second kappa shape index (κ2) is 11.6. The third-order valence-corrected chi connectivity index (χ3v) is 6.45. The van der Waals surface area contributed by atoms with Crippen LogP contribution < -0.4 is 15.5 Å². The zero-order valence-corrected chi connectivity index (χ0v) is 20.3. The van der Waals surface area contributed by atoms with Gasteiger partial charge in [0.2, 0.25) is 0 Å². The van der Waals surface area contributed by atoms with Crippen molar-refractivity contribution in [2.24, 2.45) is 0 Å². The number of methoxy groups -OCH3 is 1. The molecule has 3 amide bonds. The second-order valence-corrected chi connectivity index (χ2v) is 8.72. The molecule has 10 nitrogen and oxygen atoms in total. The zero-order valence-electron chi connectivity index (χ0n) is 20.3. The SMILES string of the molecule is COC(=O)N1CCN(c2ccc(C(=O)N3CCCNCC3)cc2NC(=O)c2ccc(C#N)cc2)CC1. The van der Waals surface area contributed by atoms with Crippen molar-refractivity contribution < 1.29 is 19.1 Å². The lowest BCUT2D eigenvalue weighted by Gasteiger charge is -2.36. The fourth-order valence-corrected chi connectivity index (χ4v) is 4.43. The van der Waals surface area contributed by atoms with E-state index < -0.39 is 0 Å². The predicted octanol–water partition coefficient (Wildman–Crippen LogP) is 2.13. The molecular formula is C26H30N6O4. The fraction of sp³-hybridized carbons (Fsp3) is 0.385. The molecule has 2 fully saturated rings. The van der Waals surface area contributed by atoms with Crippen molar-refractivity contribution in [1.29, 1.82) is 5.26 Å². The summed E-state index contributed by atoms with van der Waals surface area (Å²) in [5, 5.41) is 15.3. The minimum absolute atomic E-state index is 0.0744. The van der Waals surface area contributed by atoms with Gasteiger partial charge in [-0.25, -0.2) is 4.79 Å². The smallest absolute Gasteiger partial charge is 0.409 e. The molecule has 0 aromatic heterocycles. The molecule has 0 radical (unpaired) electrons. The Bertz CT molecular complexity index is 1140. The average Bonchev–Trinajstić information content (AvgIpc) is 3.22. The van der Waals surface area contributed by atoms with Gasteiger partial charge in [-0.2, -0.15) is 5.26 Å². The number of ether oxygens (including phenoxy) is 1. The first-order valence-corrected chi connectivity index (χ1v) is 12.0. The van der Waals surface area contributed by atoms with Crippen LogP contribution in [0.15, 0.2) is 42.5 Å². The Morgan fingerprint density at radius 3 is 2.33 bits per heavy atom. The highest BCUT2D eigenvalue weighted by Crippen LogP contribution is 2.30. The van der Waals surface area contributed by atoms with Gasteiger partial charge < -0.3 is 30.1 Å². The highest BCUT2D eigenvalue weighted by molar-refractivity contribution is 6.07.